The van der Waals surface area contributed by atoms with E-state index in [0.29, 0.717) is 18.0 Å². The Hall–Kier alpha value is -3.48. The lowest BCUT2D eigenvalue weighted by Gasteiger charge is -2.13. The summed E-state index contributed by atoms with van der Waals surface area (Å²) in [5, 5.41) is 11.4. The molecule has 2 N–H and O–H groups in total. The van der Waals surface area contributed by atoms with Crippen molar-refractivity contribution in [2.24, 2.45) is 0 Å². The molecule has 3 heterocycles. The highest BCUT2D eigenvalue weighted by atomic mass is 19.1. The van der Waals surface area contributed by atoms with E-state index >= 15 is 0 Å². The van der Waals surface area contributed by atoms with Crippen LogP contribution in [0.4, 0.5) is 16.0 Å². The number of fused-ring (bicyclic) bond motifs is 1. The maximum atomic E-state index is 14.1. The molecule has 178 valence electrons. The van der Waals surface area contributed by atoms with Gasteiger partial charge in [-0.1, -0.05) is 51.0 Å². The molecule has 0 atom stereocenters. The third kappa shape index (κ3) is 6.10. The Kier molecular flexibility index (Phi) is 8.07. The number of rotatable bonds is 12. The summed E-state index contributed by atoms with van der Waals surface area (Å²) in [5.74, 6) is 1.68. The number of pyridine rings is 1. The predicted octanol–water partition coefficient (Wildman–Crippen LogP) is 6.21. The first kappa shape index (κ1) is 23.7. The first-order chi connectivity index (χ1) is 16.6. The normalized spacial score (nSPS) is 11.3. The molecular weight excluding hydrogens is 427 g/mol. The fourth-order valence-corrected chi connectivity index (χ4v) is 3.98. The van der Waals surface area contributed by atoms with Crippen molar-refractivity contribution in [3.05, 3.63) is 83.6 Å². The Morgan fingerprint density at radius 3 is 2.59 bits per heavy atom. The third-order valence-corrected chi connectivity index (χ3v) is 5.93. The monoisotopic (exact) mass is 460 g/mol. The highest BCUT2D eigenvalue weighted by molar-refractivity contribution is 5.61. The lowest BCUT2D eigenvalue weighted by molar-refractivity contribution is 0.612. The van der Waals surface area contributed by atoms with Gasteiger partial charge in [-0.3, -0.25) is 4.98 Å². The van der Waals surface area contributed by atoms with Crippen molar-refractivity contribution in [2.45, 2.75) is 58.4 Å². The summed E-state index contributed by atoms with van der Waals surface area (Å²) in [5.41, 5.74) is 3.69. The van der Waals surface area contributed by atoms with Crippen LogP contribution in [-0.2, 0) is 13.0 Å². The van der Waals surface area contributed by atoms with Crippen LogP contribution in [0.15, 0.2) is 60.9 Å². The van der Waals surface area contributed by atoms with Crippen molar-refractivity contribution in [1.29, 1.82) is 0 Å². The Morgan fingerprint density at radius 2 is 1.79 bits per heavy atom. The molecule has 3 aromatic heterocycles. The van der Waals surface area contributed by atoms with E-state index in [1.54, 1.807) is 16.6 Å². The SMILES string of the molecule is CC(C)c1cnn2c(NCc3ccccc3F)cc(NCCCCCCc3ccccn3)nc12. The smallest absolute Gasteiger partial charge is 0.163 e. The molecule has 0 unspecified atom stereocenters. The van der Waals surface area contributed by atoms with Crippen molar-refractivity contribution in [1.82, 2.24) is 19.6 Å². The van der Waals surface area contributed by atoms with Gasteiger partial charge in [0, 0.05) is 42.2 Å². The molecule has 6 nitrogen and oxygen atoms in total. The second-order valence-corrected chi connectivity index (χ2v) is 8.87. The van der Waals surface area contributed by atoms with E-state index in [-0.39, 0.29) is 5.82 Å². The Balaban J connectivity index is 1.36. The molecule has 0 bridgehead atoms. The van der Waals surface area contributed by atoms with Crippen LogP contribution in [0.3, 0.4) is 0 Å². The average Bonchev–Trinajstić information content (AvgIpc) is 3.28. The van der Waals surface area contributed by atoms with Crippen LogP contribution in [0.5, 0.6) is 0 Å². The second-order valence-electron chi connectivity index (χ2n) is 8.87. The lowest BCUT2D eigenvalue weighted by atomic mass is 10.1. The van der Waals surface area contributed by atoms with Crippen molar-refractivity contribution < 1.29 is 4.39 Å². The van der Waals surface area contributed by atoms with Gasteiger partial charge in [0.1, 0.15) is 17.5 Å². The number of hydrogen-bond donors (Lipinski definition) is 2. The van der Waals surface area contributed by atoms with Gasteiger partial charge in [0.15, 0.2) is 5.65 Å². The molecule has 4 rings (SSSR count). The molecule has 0 saturated carbocycles. The van der Waals surface area contributed by atoms with Gasteiger partial charge in [0.25, 0.3) is 0 Å². The molecule has 34 heavy (non-hydrogen) atoms. The molecule has 4 aromatic rings. The minimum Gasteiger partial charge on any atom is -0.370 e. The van der Waals surface area contributed by atoms with Gasteiger partial charge in [-0.2, -0.15) is 9.61 Å². The molecule has 0 radical (unpaired) electrons. The highest BCUT2D eigenvalue weighted by Gasteiger charge is 2.14. The van der Waals surface area contributed by atoms with Crippen molar-refractivity contribution in [2.75, 3.05) is 17.2 Å². The predicted molar refractivity (Wildman–Crippen MR) is 136 cm³/mol. The standard InChI is InChI=1S/C27H33FN6/c1-20(2)23-19-32-34-26(31-18-21-11-6-7-14-24(21)28)17-25(33-27(23)34)30-16-9-4-3-5-12-22-13-8-10-15-29-22/h6-8,10-11,13-15,17,19-20,31H,3-5,9,12,16,18H2,1-2H3,(H,30,33). The lowest BCUT2D eigenvalue weighted by Crippen LogP contribution is -2.10. The molecule has 0 aliphatic carbocycles. The Labute approximate surface area is 200 Å². The summed E-state index contributed by atoms with van der Waals surface area (Å²) in [6.45, 7) is 5.50. The molecule has 0 amide bonds. The van der Waals surface area contributed by atoms with Crippen molar-refractivity contribution in [3.8, 4) is 0 Å². The number of anilines is 2. The number of nitrogens with zero attached hydrogens (tertiary/aromatic N) is 4. The molecule has 0 saturated heterocycles. The number of aromatic nitrogens is 4. The van der Waals surface area contributed by atoms with Crippen LogP contribution < -0.4 is 10.6 Å². The first-order valence-electron chi connectivity index (χ1n) is 12.1. The molecule has 0 spiro atoms. The van der Waals surface area contributed by atoms with Gasteiger partial charge in [-0.15, -0.1) is 0 Å². The summed E-state index contributed by atoms with van der Waals surface area (Å²) < 4.78 is 15.9. The van der Waals surface area contributed by atoms with E-state index in [2.05, 4.69) is 40.6 Å². The number of halogens is 1. The van der Waals surface area contributed by atoms with Gasteiger partial charge in [-0.25, -0.2) is 9.37 Å². The third-order valence-electron chi connectivity index (χ3n) is 5.93. The molecule has 0 fully saturated rings. The second kappa shape index (κ2) is 11.6. The number of hydrogen-bond acceptors (Lipinski definition) is 5. The zero-order chi connectivity index (χ0) is 23.8. The quantitative estimate of drug-likeness (QED) is 0.246. The Morgan fingerprint density at radius 1 is 0.971 bits per heavy atom. The van der Waals surface area contributed by atoms with E-state index < -0.39 is 0 Å². The molecule has 0 aliphatic rings. The molecule has 0 aliphatic heterocycles. The topological polar surface area (TPSA) is 67.1 Å². The number of unbranched alkanes of at least 4 members (excludes halogenated alkanes) is 3. The zero-order valence-electron chi connectivity index (χ0n) is 20.0. The fraction of sp³-hybridized carbons (Fsp3) is 0.370. The summed E-state index contributed by atoms with van der Waals surface area (Å²) >= 11 is 0. The zero-order valence-corrected chi connectivity index (χ0v) is 20.0. The maximum Gasteiger partial charge on any atom is 0.163 e. The van der Waals surface area contributed by atoms with Gasteiger partial charge < -0.3 is 10.6 Å². The minimum absolute atomic E-state index is 0.218. The maximum absolute atomic E-state index is 14.1. The van der Waals surface area contributed by atoms with Crippen LogP contribution in [0, 0.1) is 5.82 Å². The van der Waals surface area contributed by atoms with E-state index in [1.165, 1.54) is 12.5 Å². The van der Waals surface area contributed by atoms with Gasteiger partial charge >= 0.3 is 0 Å². The van der Waals surface area contributed by atoms with Gasteiger partial charge in [0.2, 0.25) is 0 Å². The summed E-state index contributed by atoms with van der Waals surface area (Å²) in [4.78, 5) is 9.22. The summed E-state index contributed by atoms with van der Waals surface area (Å²) in [6.07, 6.45) is 9.32. The van der Waals surface area contributed by atoms with Gasteiger partial charge in [-0.05, 0) is 43.4 Å². The summed E-state index contributed by atoms with van der Waals surface area (Å²) in [7, 11) is 0. The number of benzene rings is 1. The van der Waals surface area contributed by atoms with E-state index in [1.807, 2.05) is 36.7 Å². The molecule has 7 heteroatoms. The largest absolute Gasteiger partial charge is 0.370 e. The van der Waals surface area contributed by atoms with Crippen LogP contribution in [0.2, 0.25) is 0 Å². The van der Waals surface area contributed by atoms with E-state index in [9.17, 15) is 4.39 Å². The van der Waals surface area contributed by atoms with E-state index in [0.717, 1.165) is 60.8 Å². The van der Waals surface area contributed by atoms with Crippen molar-refractivity contribution in [3.63, 3.8) is 0 Å². The Bertz CT molecular complexity index is 1190. The molecular formula is C27H33FN6. The van der Waals surface area contributed by atoms with Crippen LogP contribution in [0.1, 0.15) is 62.3 Å². The van der Waals surface area contributed by atoms with E-state index in [4.69, 9.17) is 4.98 Å². The highest BCUT2D eigenvalue weighted by Crippen LogP contribution is 2.24. The molecule has 1 aromatic carbocycles. The van der Waals surface area contributed by atoms with Crippen LogP contribution in [-0.4, -0.2) is 26.1 Å². The number of nitrogens with one attached hydrogen (secondary N) is 2. The van der Waals surface area contributed by atoms with Gasteiger partial charge in [0.05, 0.1) is 6.20 Å². The number of aryl methyl sites for hydroxylation is 1. The minimum atomic E-state index is -0.218. The van der Waals surface area contributed by atoms with Crippen LogP contribution in [0.25, 0.3) is 5.65 Å². The van der Waals surface area contributed by atoms with Crippen molar-refractivity contribution >= 4 is 17.3 Å². The summed E-state index contributed by atoms with van der Waals surface area (Å²) in [6, 6.07) is 14.8. The fourth-order valence-electron chi connectivity index (χ4n) is 3.98. The average molecular weight is 461 g/mol. The van der Waals surface area contributed by atoms with Crippen LogP contribution >= 0.6 is 0 Å². The first-order valence-corrected chi connectivity index (χ1v) is 12.1.